The molecule has 0 aliphatic carbocycles. The molecule has 0 spiro atoms. The van der Waals surface area contributed by atoms with Crippen molar-refractivity contribution in [3.63, 3.8) is 0 Å². The molecule has 0 unspecified atom stereocenters. The van der Waals surface area contributed by atoms with E-state index < -0.39 is 7.12 Å². The number of carbonyl (C=O) groups is 1. The lowest BCUT2D eigenvalue weighted by atomic mass is 9.79. The lowest BCUT2D eigenvalue weighted by molar-refractivity contribution is 0.101. The maximum absolute atomic E-state index is 11.3. The third-order valence-corrected chi connectivity index (χ3v) is 3.19. The fourth-order valence-corrected chi connectivity index (χ4v) is 2.13. The van der Waals surface area contributed by atoms with E-state index in [0.717, 1.165) is 16.7 Å². The van der Waals surface area contributed by atoms with Crippen LogP contribution in [0.15, 0.2) is 36.7 Å². The predicted molar refractivity (Wildman–Crippen MR) is 68.2 cm³/mol. The van der Waals surface area contributed by atoms with Crippen molar-refractivity contribution in [2.75, 3.05) is 0 Å². The molecule has 0 fully saturated rings. The Morgan fingerprint density at radius 2 is 2.28 bits per heavy atom. The van der Waals surface area contributed by atoms with Gasteiger partial charge in [-0.25, -0.2) is 0 Å². The van der Waals surface area contributed by atoms with Gasteiger partial charge in [0.2, 0.25) is 0 Å². The normalized spacial score (nSPS) is 13.8. The molecule has 1 aliphatic heterocycles. The first kappa shape index (κ1) is 11.3. The zero-order valence-electron chi connectivity index (χ0n) is 9.96. The maximum atomic E-state index is 11.3. The van der Waals surface area contributed by atoms with Crippen molar-refractivity contribution in [3.05, 3.63) is 47.8 Å². The summed E-state index contributed by atoms with van der Waals surface area (Å²) in [4.78, 5) is 11.3. The van der Waals surface area contributed by atoms with E-state index in [2.05, 4.69) is 0 Å². The highest BCUT2D eigenvalue weighted by Crippen LogP contribution is 2.15. The highest BCUT2D eigenvalue weighted by atomic mass is 16.5. The topological polar surface area (TPSA) is 51.5 Å². The zero-order valence-corrected chi connectivity index (χ0v) is 9.96. The minimum Gasteiger partial charge on any atom is -0.423 e. The first-order valence-corrected chi connectivity index (χ1v) is 5.77. The summed E-state index contributed by atoms with van der Waals surface area (Å²) in [5, 5.41) is 9.66. The molecule has 0 radical (unpaired) electrons. The first-order valence-electron chi connectivity index (χ1n) is 5.77. The van der Waals surface area contributed by atoms with Crippen molar-refractivity contribution in [3.8, 4) is 5.69 Å². The standard InChI is InChI=1S/C13H12BNO3/c1-9(16)10-4-5-15(7-10)12-3-2-11-8-18-14(17)13(11)6-12/h2-7,17H,8H2,1H3. The number of carbonyl (C=O) groups excluding carboxylic acids is 1. The molecule has 5 heteroatoms. The van der Waals surface area contributed by atoms with Gasteiger partial charge in [0.05, 0.1) is 6.61 Å². The summed E-state index contributed by atoms with van der Waals surface area (Å²) in [5.41, 5.74) is 3.38. The molecule has 2 heterocycles. The van der Waals surface area contributed by atoms with Gasteiger partial charge in [-0.3, -0.25) is 4.79 Å². The average molecular weight is 241 g/mol. The van der Waals surface area contributed by atoms with Gasteiger partial charge in [-0.15, -0.1) is 0 Å². The van der Waals surface area contributed by atoms with E-state index in [4.69, 9.17) is 4.65 Å². The second-order valence-corrected chi connectivity index (χ2v) is 4.41. The molecule has 2 aromatic rings. The maximum Gasteiger partial charge on any atom is 0.491 e. The SMILES string of the molecule is CC(=O)c1ccn(-c2ccc3c(c2)B(O)OC3)c1. The van der Waals surface area contributed by atoms with Gasteiger partial charge in [-0.1, -0.05) is 6.07 Å². The summed E-state index contributed by atoms with van der Waals surface area (Å²) in [5.74, 6) is 0.0401. The fourth-order valence-electron chi connectivity index (χ4n) is 2.13. The number of hydrogen-bond acceptors (Lipinski definition) is 3. The number of aromatic nitrogens is 1. The van der Waals surface area contributed by atoms with Gasteiger partial charge in [-0.2, -0.15) is 0 Å². The van der Waals surface area contributed by atoms with Crippen molar-refractivity contribution >= 4 is 18.4 Å². The first-order chi connectivity index (χ1) is 8.65. The van der Waals surface area contributed by atoms with Crippen LogP contribution in [0.1, 0.15) is 22.8 Å². The Bertz CT molecular complexity index is 620. The van der Waals surface area contributed by atoms with Crippen LogP contribution in [-0.4, -0.2) is 22.5 Å². The molecule has 0 atom stereocenters. The monoisotopic (exact) mass is 241 g/mol. The summed E-state index contributed by atoms with van der Waals surface area (Å²) >= 11 is 0. The van der Waals surface area contributed by atoms with E-state index in [1.165, 1.54) is 0 Å². The quantitative estimate of drug-likeness (QED) is 0.627. The van der Waals surface area contributed by atoms with Crippen LogP contribution in [0.2, 0.25) is 0 Å². The van der Waals surface area contributed by atoms with Gasteiger partial charge < -0.3 is 14.2 Å². The lowest BCUT2D eigenvalue weighted by Gasteiger charge is -2.05. The summed E-state index contributed by atoms with van der Waals surface area (Å²) in [6.07, 6.45) is 3.62. The van der Waals surface area contributed by atoms with Gasteiger partial charge in [0, 0.05) is 23.6 Å². The van der Waals surface area contributed by atoms with Crippen LogP contribution in [0.5, 0.6) is 0 Å². The third kappa shape index (κ3) is 1.77. The van der Waals surface area contributed by atoms with E-state index in [1.54, 1.807) is 19.2 Å². The van der Waals surface area contributed by atoms with E-state index in [9.17, 15) is 9.82 Å². The average Bonchev–Trinajstić information content (AvgIpc) is 2.96. The van der Waals surface area contributed by atoms with Gasteiger partial charge >= 0.3 is 7.12 Å². The molecule has 0 amide bonds. The third-order valence-electron chi connectivity index (χ3n) is 3.19. The zero-order chi connectivity index (χ0) is 12.7. The Labute approximate surface area is 105 Å². The Morgan fingerprint density at radius 3 is 3.00 bits per heavy atom. The molecule has 1 N–H and O–H groups in total. The number of benzene rings is 1. The van der Waals surface area contributed by atoms with Crippen molar-refractivity contribution in [2.24, 2.45) is 0 Å². The molecule has 1 aromatic heterocycles. The number of hydrogen-bond donors (Lipinski definition) is 1. The van der Waals surface area contributed by atoms with Gasteiger partial charge in [0.1, 0.15) is 0 Å². The second kappa shape index (κ2) is 4.12. The molecule has 4 nitrogen and oxygen atoms in total. The van der Waals surface area contributed by atoms with Crippen LogP contribution >= 0.6 is 0 Å². The van der Waals surface area contributed by atoms with E-state index >= 15 is 0 Å². The second-order valence-electron chi connectivity index (χ2n) is 4.41. The smallest absolute Gasteiger partial charge is 0.423 e. The molecule has 0 saturated carbocycles. The Morgan fingerprint density at radius 1 is 1.44 bits per heavy atom. The van der Waals surface area contributed by atoms with Crippen molar-refractivity contribution in [2.45, 2.75) is 13.5 Å². The van der Waals surface area contributed by atoms with Crippen LogP contribution in [0.4, 0.5) is 0 Å². The lowest BCUT2D eigenvalue weighted by Crippen LogP contribution is -2.28. The largest absolute Gasteiger partial charge is 0.491 e. The minimum atomic E-state index is -0.845. The van der Waals surface area contributed by atoms with E-state index in [0.29, 0.717) is 12.2 Å². The van der Waals surface area contributed by atoms with E-state index in [1.807, 2.05) is 29.0 Å². The van der Waals surface area contributed by atoms with Crippen molar-refractivity contribution < 1.29 is 14.5 Å². The van der Waals surface area contributed by atoms with Gasteiger partial charge in [-0.05, 0) is 36.1 Å². The molecule has 0 saturated heterocycles. The van der Waals surface area contributed by atoms with Crippen LogP contribution < -0.4 is 5.46 Å². The van der Waals surface area contributed by atoms with Crippen molar-refractivity contribution in [1.29, 1.82) is 0 Å². The molecule has 1 aromatic carbocycles. The Balaban J connectivity index is 2.01. The molecular formula is C13H12BNO3. The van der Waals surface area contributed by atoms with Gasteiger partial charge in [0.25, 0.3) is 0 Å². The molecule has 3 rings (SSSR count). The van der Waals surface area contributed by atoms with Crippen LogP contribution in [0.25, 0.3) is 5.69 Å². The van der Waals surface area contributed by atoms with Gasteiger partial charge in [0.15, 0.2) is 5.78 Å². The molecule has 1 aliphatic rings. The highest BCUT2D eigenvalue weighted by molar-refractivity contribution is 6.61. The highest BCUT2D eigenvalue weighted by Gasteiger charge is 2.27. The van der Waals surface area contributed by atoms with Crippen molar-refractivity contribution in [1.82, 2.24) is 4.57 Å². The molecule has 0 bridgehead atoms. The summed E-state index contributed by atoms with van der Waals surface area (Å²) < 4.78 is 7.01. The predicted octanol–water partition coefficient (Wildman–Crippen LogP) is 0.898. The van der Waals surface area contributed by atoms with E-state index in [-0.39, 0.29) is 5.78 Å². The summed E-state index contributed by atoms with van der Waals surface area (Å²) in [7, 11) is -0.845. The number of ketones is 1. The number of Topliss-reactive ketones (excluding diaryl/α,β-unsaturated/α-hetero) is 1. The Kier molecular flexibility index (Phi) is 2.58. The van der Waals surface area contributed by atoms with Crippen LogP contribution in [0, 0.1) is 0 Å². The molecule has 90 valence electrons. The molecule has 18 heavy (non-hydrogen) atoms. The van der Waals surface area contributed by atoms with Crippen LogP contribution in [-0.2, 0) is 11.3 Å². The number of rotatable bonds is 2. The summed E-state index contributed by atoms with van der Waals surface area (Å²) in [6.45, 7) is 1.99. The summed E-state index contributed by atoms with van der Waals surface area (Å²) in [6, 6.07) is 7.55. The van der Waals surface area contributed by atoms with Crippen LogP contribution in [0.3, 0.4) is 0 Å². The number of nitrogens with zero attached hydrogens (tertiary/aromatic N) is 1. The minimum absolute atomic E-state index is 0.0401. The fraction of sp³-hybridized carbons (Fsp3) is 0.154. The number of fused-ring (bicyclic) bond motifs is 1. The Hall–Kier alpha value is -1.85. The molecular weight excluding hydrogens is 229 g/mol.